The first-order valence-corrected chi connectivity index (χ1v) is 5.58. The van der Waals surface area contributed by atoms with E-state index < -0.39 is 5.82 Å². The van der Waals surface area contributed by atoms with E-state index in [2.05, 4.69) is 15.6 Å². The molecule has 2 rings (SSSR count). The summed E-state index contributed by atoms with van der Waals surface area (Å²) in [5.41, 5.74) is 2.03. The smallest absolute Gasteiger partial charge is 0.221 e. The molecule has 1 heterocycles. The van der Waals surface area contributed by atoms with E-state index in [-0.39, 0.29) is 11.6 Å². The third kappa shape index (κ3) is 3.10. The molecule has 0 aliphatic rings. The lowest BCUT2D eigenvalue weighted by atomic mass is 10.2. The summed E-state index contributed by atoms with van der Waals surface area (Å²) in [5.74, 6) is -0.742. The van der Waals surface area contributed by atoms with Gasteiger partial charge in [0.1, 0.15) is 5.82 Å². The molecule has 0 bridgehead atoms. The number of benzene rings is 1. The Balaban J connectivity index is 2.06. The number of aromatic amines is 1. The fourth-order valence-corrected chi connectivity index (χ4v) is 1.59. The monoisotopic (exact) mass is 247 g/mol. The van der Waals surface area contributed by atoms with Crippen LogP contribution in [-0.4, -0.2) is 10.9 Å². The molecule has 0 fully saturated rings. The van der Waals surface area contributed by atoms with Crippen LogP contribution in [0.1, 0.15) is 12.5 Å². The number of H-pyrrole nitrogens is 1. The Morgan fingerprint density at radius 1 is 1.39 bits per heavy atom. The summed E-state index contributed by atoms with van der Waals surface area (Å²) < 4.78 is 13.4. The van der Waals surface area contributed by atoms with Gasteiger partial charge in [0.25, 0.3) is 0 Å². The Morgan fingerprint density at radius 2 is 2.22 bits per heavy atom. The summed E-state index contributed by atoms with van der Waals surface area (Å²) in [4.78, 5) is 13.9. The average Bonchev–Trinajstić information content (AvgIpc) is 2.82. The molecule has 4 nitrogen and oxygen atoms in total. The van der Waals surface area contributed by atoms with Crippen LogP contribution in [0.3, 0.4) is 0 Å². The van der Waals surface area contributed by atoms with Crippen molar-refractivity contribution < 1.29 is 9.18 Å². The van der Waals surface area contributed by atoms with Crippen LogP contribution in [0.25, 0.3) is 0 Å². The van der Waals surface area contributed by atoms with E-state index in [9.17, 15) is 9.18 Å². The molecule has 0 unspecified atom stereocenters. The Kier molecular flexibility index (Phi) is 3.62. The van der Waals surface area contributed by atoms with Crippen LogP contribution in [0.2, 0.25) is 0 Å². The Morgan fingerprint density at radius 3 is 2.89 bits per heavy atom. The second-order valence-corrected chi connectivity index (χ2v) is 3.95. The first kappa shape index (κ1) is 12.2. The highest BCUT2D eigenvalue weighted by molar-refractivity contribution is 5.89. The minimum absolute atomic E-state index is 0.182. The molecule has 0 atom stereocenters. The SMILES string of the molecule is CC(=O)Nc1cc(NCc2cc[nH]c2)ccc1F. The molecule has 2 aromatic rings. The number of rotatable bonds is 4. The van der Waals surface area contributed by atoms with Crippen LogP contribution in [-0.2, 0) is 11.3 Å². The van der Waals surface area contributed by atoms with Gasteiger partial charge in [-0.05, 0) is 29.8 Å². The van der Waals surface area contributed by atoms with E-state index >= 15 is 0 Å². The van der Waals surface area contributed by atoms with Crippen molar-refractivity contribution in [2.45, 2.75) is 13.5 Å². The largest absolute Gasteiger partial charge is 0.381 e. The molecule has 0 aliphatic heterocycles. The van der Waals surface area contributed by atoms with Gasteiger partial charge in [-0.25, -0.2) is 4.39 Å². The van der Waals surface area contributed by atoms with Crippen LogP contribution in [0.15, 0.2) is 36.7 Å². The van der Waals surface area contributed by atoms with Crippen molar-refractivity contribution in [2.24, 2.45) is 0 Å². The molecule has 0 saturated carbocycles. The molecule has 1 amide bonds. The van der Waals surface area contributed by atoms with Crippen molar-refractivity contribution in [3.05, 3.63) is 48.0 Å². The van der Waals surface area contributed by atoms with Gasteiger partial charge in [0.05, 0.1) is 5.69 Å². The predicted octanol–water partition coefficient (Wildman–Crippen LogP) is 2.72. The second kappa shape index (κ2) is 5.35. The summed E-state index contributed by atoms with van der Waals surface area (Å²) in [7, 11) is 0. The Labute approximate surface area is 104 Å². The van der Waals surface area contributed by atoms with Gasteiger partial charge in [-0.15, -0.1) is 0 Å². The summed E-state index contributed by atoms with van der Waals surface area (Å²) in [5, 5.41) is 5.60. The summed E-state index contributed by atoms with van der Waals surface area (Å²) >= 11 is 0. The minimum atomic E-state index is -0.447. The Hall–Kier alpha value is -2.30. The number of anilines is 2. The van der Waals surface area contributed by atoms with Gasteiger partial charge in [-0.3, -0.25) is 4.79 Å². The van der Waals surface area contributed by atoms with Crippen molar-refractivity contribution >= 4 is 17.3 Å². The summed E-state index contributed by atoms with van der Waals surface area (Å²) in [6.07, 6.45) is 3.72. The first-order chi connectivity index (χ1) is 8.65. The van der Waals surface area contributed by atoms with Crippen LogP contribution in [0.5, 0.6) is 0 Å². The maximum absolute atomic E-state index is 13.4. The van der Waals surface area contributed by atoms with Crippen molar-refractivity contribution in [3.8, 4) is 0 Å². The third-order valence-corrected chi connectivity index (χ3v) is 2.44. The number of halogens is 1. The fraction of sp³-hybridized carbons (Fsp3) is 0.154. The standard InChI is InChI=1S/C13H14FN3O/c1-9(18)17-13-6-11(2-3-12(13)14)16-8-10-4-5-15-7-10/h2-7,15-16H,8H2,1H3,(H,17,18). The average molecular weight is 247 g/mol. The van der Waals surface area contributed by atoms with Gasteiger partial charge < -0.3 is 15.6 Å². The number of nitrogens with one attached hydrogen (secondary N) is 3. The maximum Gasteiger partial charge on any atom is 0.221 e. The topological polar surface area (TPSA) is 56.9 Å². The number of carbonyl (C=O) groups is 1. The number of carbonyl (C=O) groups excluding carboxylic acids is 1. The van der Waals surface area contributed by atoms with E-state index in [1.807, 2.05) is 18.5 Å². The van der Waals surface area contributed by atoms with Gasteiger partial charge in [0.15, 0.2) is 0 Å². The number of aromatic nitrogens is 1. The van der Waals surface area contributed by atoms with Crippen molar-refractivity contribution in [2.75, 3.05) is 10.6 Å². The van der Waals surface area contributed by atoms with Crippen LogP contribution in [0, 0.1) is 5.82 Å². The molecule has 0 saturated heterocycles. The number of amides is 1. The lowest BCUT2D eigenvalue weighted by Crippen LogP contribution is -2.08. The zero-order chi connectivity index (χ0) is 13.0. The molecule has 5 heteroatoms. The second-order valence-electron chi connectivity index (χ2n) is 3.95. The lowest BCUT2D eigenvalue weighted by Gasteiger charge is -2.09. The van der Waals surface area contributed by atoms with E-state index in [4.69, 9.17) is 0 Å². The fourth-order valence-electron chi connectivity index (χ4n) is 1.59. The van der Waals surface area contributed by atoms with Gasteiger partial charge in [-0.2, -0.15) is 0 Å². The molecule has 0 radical (unpaired) electrons. The third-order valence-electron chi connectivity index (χ3n) is 2.44. The van der Waals surface area contributed by atoms with Crippen molar-refractivity contribution in [1.29, 1.82) is 0 Å². The van der Waals surface area contributed by atoms with Gasteiger partial charge >= 0.3 is 0 Å². The summed E-state index contributed by atoms with van der Waals surface area (Å²) in [6, 6.07) is 6.48. The number of hydrogen-bond acceptors (Lipinski definition) is 2. The van der Waals surface area contributed by atoms with E-state index in [0.717, 1.165) is 11.3 Å². The van der Waals surface area contributed by atoms with Crippen LogP contribution >= 0.6 is 0 Å². The van der Waals surface area contributed by atoms with Gasteiger partial charge in [-0.1, -0.05) is 0 Å². The predicted molar refractivity (Wildman–Crippen MR) is 68.8 cm³/mol. The normalized spacial score (nSPS) is 10.1. The molecular weight excluding hydrogens is 233 g/mol. The molecule has 0 aliphatic carbocycles. The van der Waals surface area contributed by atoms with E-state index in [1.54, 1.807) is 12.1 Å². The van der Waals surface area contributed by atoms with Crippen molar-refractivity contribution in [1.82, 2.24) is 4.98 Å². The van der Waals surface area contributed by atoms with Gasteiger partial charge in [0.2, 0.25) is 5.91 Å². The molecular formula is C13H14FN3O. The van der Waals surface area contributed by atoms with E-state index in [0.29, 0.717) is 6.54 Å². The highest BCUT2D eigenvalue weighted by atomic mass is 19.1. The van der Waals surface area contributed by atoms with Crippen molar-refractivity contribution in [3.63, 3.8) is 0 Å². The Bertz CT molecular complexity index is 537. The zero-order valence-electron chi connectivity index (χ0n) is 9.96. The molecule has 94 valence electrons. The molecule has 1 aromatic carbocycles. The van der Waals surface area contributed by atoms with E-state index in [1.165, 1.54) is 13.0 Å². The lowest BCUT2D eigenvalue weighted by molar-refractivity contribution is -0.114. The molecule has 3 N–H and O–H groups in total. The first-order valence-electron chi connectivity index (χ1n) is 5.58. The zero-order valence-corrected chi connectivity index (χ0v) is 9.96. The molecule has 18 heavy (non-hydrogen) atoms. The summed E-state index contributed by atoms with van der Waals surface area (Å²) in [6.45, 7) is 1.98. The molecule has 1 aromatic heterocycles. The maximum atomic E-state index is 13.4. The molecule has 0 spiro atoms. The van der Waals surface area contributed by atoms with Crippen LogP contribution < -0.4 is 10.6 Å². The van der Waals surface area contributed by atoms with Crippen LogP contribution in [0.4, 0.5) is 15.8 Å². The highest BCUT2D eigenvalue weighted by Crippen LogP contribution is 2.20. The minimum Gasteiger partial charge on any atom is -0.381 e. The quantitative estimate of drug-likeness (QED) is 0.778. The number of hydrogen-bond donors (Lipinski definition) is 3. The highest BCUT2D eigenvalue weighted by Gasteiger charge is 2.05. The van der Waals surface area contributed by atoms with Gasteiger partial charge in [0, 0.05) is 31.5 Å².